The van der Waals surface area contributed by atoms with E-state index < -0.39 is 22.7 Å². The van der Waals surface area contributed by atoms with Gasteiger partial charge in [0.25, 0.3) is 5.69 Å². The molecule has 13 heteroatoms. The molecule has 3 aromatic carbocycles. The minimum atomic E-state index is -1.45. The molecule has 3 aromatic rings. The van der Waals surface area contributed by atoms with Crippen LogP contribution < -0.4 is 9.47 Å². The molecule has 0 aromatic heterocycles. The number of hydrogen-bond acceptors (Lipinski definition) is 10. The van der Waals surface area contributed by atoms with Crippen LogP contribution in [-0.2, 0) is 27.5 Å². The van der Waals surface area contributed by atoms with E-state index >= 15 is 0 Å². The maximum absolute atomic E-state index is 14.7. The highest BCUT2D eigenvalue weighted by atomic mass is 19.1. The second-order valence-electron chi connectivity index (χ2n) is 16.4. The Labute approximate surface area is 356 Å². The Morgan fingerprint density at radius 3 is 2.34 bits per heavy atom. The molecular weight excluding hydrogens is 782 g/mol. The van der Waals surface area contributed by atoms with Crippen molar-refractivity contribution in [3.63, 3.8) is 0 Å². The van der Waals surface area contributed by atoms with E-state index in [1.165, 1.54) is 24.3 Å². The normalized spacial score (nSPS) is 24.4. The van der Waals surface area contributed by atoms with E-state index in [9.17, 15) is 29.5 Å². The number of oxime groups is 1. The van der Waals surface area contributed by atoms with Gasteiger partial charge >= 0.3 is 0 Å². The Kier molecular flexibility index (Phi) is 14.3. The number of hydrogen-bond donors (Lipinski definition) is 2. The molecule has 6 atom stereocenters. The summed E-state index contributed by atoms with van der Waals surface area (Å²) in [5.74, 6) is -1.52. The summed E-state index contributed by atoms with van der Waals surface area (Å²) >= 11 is 0. The van der Waals surface area contributed by atoms with E-state index in [0.29, 0.717) is 42.2 Å². The van der Waals surface area contributed by atoms with Gasteiger partial charge in [-0.2, -0.15) is 0 Å². The first-order valence-corrected chi connectivity index (χ1v) is 21.4. The Hall–Kier alpha value is -5.37. The van der Waals surface area contributed by atoms with Gasteiger partial charge in [-0.25, -0.2) is 4.39 Å². The fourth-order valence-corrected chi connectivity index (χ4v) is 9.48. The number of fused-ring (bicyclic) bond motifs is 2. The zero-order chi connectivity index (χ0) is 42.9. The number of carbonyl (C=O) groups excluding carboxylic acids is 1. The van der Waals surface area contributed by atoms with Crippen LogP contribution in [0.15, 0.2) is 109 Å². The Balaban J connectivity index is 1.43. The number of rotatable bonds is 22. The number of benzene rings is 3. The van der Waals surface area contributed by atoms with Crippen LogP contribution in [0.3, 0.4) is 0 Å². The number of amides is 1. The lowest BCUT2D eigenvalue weighted by Gasteiger charge is -2.60. The summed E-state index contributed by atoms with van der Waals surface area (Å²) in [6.45, 7) is 8.62. The average molecular weight is 838 g/mol. The number of halogens is 1. The van der Waals surface area contributed by atoms with Crippen molar-refractivity contribution in [3.8, 4) is 11.5 Å². The van der Waals surface area contributed by atoms with E-state index in [0.717, 1.165) is 55.2 Å². The van der Waals surface area contributed by atoms with Gasteiger partial charge in [0.2, 0.25) is 11.7 Å². The smallest absolute Gasteiger partial charge is 0.269 e. The first-order valence-electron chi connectivity index (χ1n) is 21.4. The van der Waals surface area contributed by atoms with Crippen molar-refractivity contribution in [1.82, 2.24) is 4.90 Å². The van der Waals surface area contributed by atoms with E-state index in [4.69, 9.17) is 24.2 Å². The van der Waals surface area contributed by atoms with Crippen LogP contribution in [-0.4, -0.2) is 69.9 Å². The zero-order valence-corrected chi connectivity index (χ0v) is 34.5. The molecule has 0 unspecified atom stereocenters. The zero-order valence-electron chi connectivity index (χ0n) is 34.5. The summed E-state index contributed by atoms with van der Waals surface area (Å²) in [6, 6.07) is 17.4. The predicted octanol–water partition coefficient (Wildman–Crippen LogP) is 8.57. The van der Waals surface area contributed by atoms with Gasteiger partial charge in [0.15, 0.2) is 0 Å². The third-order valence-corrected chi connectivity index (χ3v) is 12.4. The Morgan fingerprint density at radius 1 is 0.967 bits per heavy atom. The monoisotopic (exact) mass is 837 g/mol. The number of nitro benzene ring substituents is 1. The van der Waals surface area contributed by atoms with Gasteiger partial charge in [-0.3, -0.25) is 14.9 Å². The number of aliphatic hydroxyl groups is 2. The number of ether oxygens (including phenoxy) is 3. The van der Waals surface area contributed by atoms with Crippen LogP contribution >= 0.6 is 0 Å². The van der Waals surface area contributed by atoms with E-state index in [2.05, 4.69) is 19.2 Å². The SMILES string of the molecule is C=CCOc1ccc2c(c1)[C@H]1[C@H](CCCCO)[C@@H](CCCCO)C=C3C(=NOCc4ccc([N+](=O)[O-])cc4)C[C@H](N(Cc4ccc(F)cc4)C(=O)C4CC4)[C@@](OCC=C)(O2)[C@H]31. The summed E-state index contributed by atoms with van der Waals surface area (Å²) in [6.07, 6.45) is 11.7. The number of nitro groups is 1. The number of carbonyl (C=O) groups is 1. The van der Waals surface area contributed by atoms with E-state index in [-0.39, 0.29) is 80.5 Å². The van der Waals surface area contributed by atoms with Crippen molar-refractivity contribution < 1.29 is 43.4 Å². The highest BCUT2D eigenvalue weighted by molar-refractivity contribution is 6.03. The maximum Gasteiger partial charge on any atom is 0.269 e. The molecule has 61 heavy (non-hydrogen) atoms. The lowest BCUT2D eigenvalue weighted by Crippen LogP contribution is -2.70. The highest BCUT2D eigenvalue weighted by Crippen LogP contribution is 2.62. The molecule has 4 aliphatic rings. The molecule has 1 aliphatic heterocycles. The highest BCUT2D eigenvalue weighted by Gasteiger charge is 2.66. The fourth-order valence-electron chi connectivity index (χ4n) is 9.48. The van der Waals surface area contributed by atoms with Crippen LogP contribution in [0.1, 0.15) is 80.4 Å². The lowest BCUT2D eigenvalue weighted by molar-refractivity contribution is -0.384. The summed E-state index contributed by atoms with van der Waals surface area (Å²) in [7, 11) is 0. The number of unbranched alkanes of at least 4 members (excludes halogenated alkanes) is 2. The Bertz CT molecular complexity index is 2090. The van der Waals surface area contributed by atoms with Crippen molar-refractivity contribution >= 4 is 17.3 Å². The third kappa shape index (κ3) is 9.74. The van der Waals surface area contributed by atoms with E-state index in [1.807, 2.05) is 23.1 Å². The third-order valence-electron chi connectivity index (χ3n) is 12.4. The number of allylic oxidation sites excluding steroid dienone is 1. The molecule has 12 nitrogen and oxygen atoms in total. The second kappa shape index (κ2) is 20.0. The van der Waals surface area contributed by atoms with Gasteiger partial charge in [-0.15, -0.1) is 6.58 Å². The van der Waals surface area contributed by atoms with Crippen LogP contribution in [0, 0.1) is 39.6 Å². The largest absolute Gasteiger partial charge is 0.490 e. The van der Waals surface area contributed by atoms with Gasteiger partial charge in [0.1, 0.15) is 36.6 Å². The molecule has 324 valence electrons. The van der Waals surface area contributed by atoms with Gasteiger partial charge in [0, 0.05) is 55.7 Å². The molecule has 2 saturated carbocycles. The van der Waals surface area contributed by atoms with Gasteiger partial charge in [-0.1, -0.05) is 54.9 Å². The molecule has 0 spiro atoms. The number of non-ortho nitro benzene ring substituents is 1. The summed E-state index contributed by atoms with van der Waals surface area (Å²) in [5.41, 5.74) is 3.84. The summed E-state index contributed by atoms with van der Waals surface area (Å²) in [4.78, 5) is 33.6. The second-order valence-corrected chi connectivity index (χ2v) is 16.4. The van der Waals surface area contributed by atoms with Crippen LogP contribution in [0.5, 0.6) is 11.5 Å². The van der Waals surface area contributed by atoms with Gasteiger partial charge in [-0.05, 0) is 110 Å². The molecule has 1 amide bonds. The Morgan fingerprint density at radius 2 is 1.67 bits per heavy atom. The first kappa shape index (κ1) is 43.7. The lowest BCUT2D eigenvalue weighted by atomic mass is 9.55. The molecule has 7 rings (SSSR count). The van der Waals surface area contributed by atoms with E-state index in [1.54, 1.807) is 36.4 Å². The molecule has 3 aliphatic carbocycles. The molecule has 2 fully saturated rings. The van der Waals surface area contributed by atoms with Gasteiger partial charge in [0.05, 0.1) is 23.2 Å². The van der Waals surface area contributed by atoms with Crippen LogP contribution in [0.2, 0.25) is 0 Å². The summed E-state index contributed by atoms with van der Waals surface area (Å²) in [5, 5.41) is 36.0. The standard InChI is InChI=1S/C48H56FN3O9/c1-3-25-58-38-21-22-43-41(28-38)45-39(10-6-8-24-54)35(9-5-7-23-53)27-40-42(50-60-31-33-13-19-37(20-14-33)52(56)57)29-44(48(61-43,46(40)45)59-26-4-2)51(47(55)34-15-16-34)30-32-11-17-36(49)18-12-32/h3-4,11-14,17-22,27-28,34-35,39,44-46,53-54H,1-2,5-10,15-16,23-26,29-31H2/t35-,39+,44-,45+,46+,48+/m0/s1. The molecule has 2 N–H and O–H groups in total. The van der Waals surface area contributed by atoms with Crippen molar-refractivity contribution in [3.05, 3.63) is 136 Å². The van der Waals surface area contributed by atoms with Crippen molar-refractivity contribution in [2.24, 2.45) is 28.8 Å². The molecule has 0 saturated heterocycles. The van der Waals surface area contributed by atoms with Gasteiger partial charge < -0.3 is 34.2 Å². The molecule has 1 heterocycles. The van der Waals surface area contributed by atoms with Crippen molar-refractivity contribution in [1.29, 1.82) is 0 Å². The molecule has 0 radical (unpaired) electrons. The number of nitrogens with zero attached hydrogens (tertiary/aromatic N) is 3. The first-order chi connectivity index (χ1) is 29.7. The minimum absolute atomic E-state index is 0.0220. The molecule has 0 bridgehead atoms. The fraction of sp³-hybridized carbons (Fsp3) is 0.458. The molecular formula is C48H56FN3O9. The minimum Gasteiger partial charge on any atom is -0.490 e. The average Bonchev–Trinajstić information content (AvgIpc) is 4.12. The van der Waals surface area contributed by atoms with Crippen LogP contribution in [0.4, 0.5) is 10.1 Å². The summed E-state index contributed by atoms with van der Waals surface area (Å²) < 4.78 is 34.8. The quantitative estimate of drug-likeness (QED) is 0.0439. The predicted molar refractivity (Wildman–Crippen MR) is 228 cm³/mol. The number of aliphatic hydroxyl groups excluding tert-OH is 2. The van der Waals surface area contributed by atoms with Crippen LogP contribution in [0.25, 0.3) is 0 Å². The van der Waals surface area contributed by atoms with Crippen molar-refractivity contribution in [2.75, 3.05) is 26.4 Å². The maximum atomic E-state index is 14.7. The van der Waals surface area contributed by atoms with Crippen molar-refractivity contribution in [2.45, 2.75) is 88.7 Å². The topological polar surface area (TPSA) is 153 Å².